The zero-order valence-corrected chi connectivity index (χ0v) is 17.0. The fourth-order valence-electron chi connectivity index (χ4n) is 4.34. The number of carboxylic acids is 1. The number of carbonyl (C=O) groups is 1. The molecule has 0 radical (unpaired) electrons. The van der Waals surface area contributed by atoms with Crippen LogP contribution in [0, 0.1) is 11.7 Å². The molecule has 1 unspecified atom stereocenters. The van der Waals surface area contributed by atoms with Crippen LogP contribution in [-0.4, -0.2) is 24.2 Å². The lowest BCUT2D eigenvalue weighted by molar-refractivity contribution is -0.141. The van der Waals surface area contributed by atoms with Gasteiger partial charge in [0.2, 0.25) is 5.43 Å². The number of benzene rings is 3. The Bertz CT molecular complexity index is 1380. The summed E-state index contributed by atoms with van der Waals surface area (Å²) in [6.45, 7) is 0.744. The Morgan fingerprint density at radius 3 is 2.58 bits per heavy atom. The lowest BCUT2D eigenvalue weighted by Crippen LogP contribution is -2.23. The minimum absolute atomic E-state index is 0.167. The van der Waals surface area contributed by atoms with Crippen molar-refractivity contribution in [1.82, 2.24) is 0 Å². The highest BCUT2D eigenvalue weighted by Crippen LogP contribution is 2.37. The third kappa shape index (κ3) is 3.33. The minimum atomic E-state index is -0.901. The second kappa shape index (κ2) is 7.39. The minimum Gasteiger partial charge on any atom is -0.481 e. The Hall–Kier alpha value is -3.38. The molecule has 5 nitrogen and oxygen atoms in total. The van der Waals surface area contributed by atoms with Gasteiger partial charge in [-0.05, 0) is 42.0 Å². The maximum absolute atomic E-state index is 13.3. The van der Waals surface area contributed by atoms with Crippen LogP contribution in [0.25, 0.3) is 21.9 Å². The van der Waals surface area contributed by atoms with Crippen molar-refractivity contribution < 1.29 is 18.7 Å². The first-order valence-corrected chi connectivity index (χ1v) is 10.2. The van der Waals surface area contributed by atoms with E-state index < -0.39 is 11.9 Å². The van der Waals surface area contributed by atoms with Gasteiger partial charge >= 0.3 is 5.97 Å². The Morgan fingerprint density at radius 2 is 1.84 bits per heavy atom. The van der Waals surface area contributed by atoms with Gasteiger partial charge in [0.1, 0.15) is 11.4 Å². The van der Waals surface area contributed by atoms with E-state index in [1.807, 2.05) is 4.90 Å². The Balaban J connectivity index is 1.56. The van der Waals surface area contributed by atoms with Crippen LogP contribution in [0.2, 0.25) is 5.02 Å². The van der Waals surface area contributed by atoms with Crippen molar-refractivity contribution in [2.45, 2.75) is 5.92 Å². The molecule has 4 aromatic rings. The Morgan fingerprint density at radius 1 is 1.06 bits per heavy atom. The molecule has 7 heteroatoms. The van der Waals surface area contributed by atoms with Gasteiger partial charge in [0, 0.05) is 30.8 Å². The molecule has 156 valence electrons. The van der Waals surface area contributed by atoms with Crippen molar-refractivity contribution in [3.8, 4) is 0 Å². The summed E-state index contributed by atoms with van der Waals surface area (Å²) in [4.78, 5) is 26.7. The van der Waals surface area contributed by atoms with E-state index in [1.165, 1.54) is 12.1 Å². The number of rotatable bonds is 3. The van der Waals surface area contributed by atoms with Crippen LogP contribution in [-0.2, 0) is 4.79 Å². The fraction of sp³-hybridized carbons (Fsp3) is 0.167. The second-order valence-corrected chi connectivity index (χ2v) is 8.14. The van der Waals surface area contributed by atoms with Crippen molar-refractivity contribution in [2.75, 3.05) is 18.0 Å². The SMILES string of the molecule is O=C(O)[C@H]1CN(c2ccc3c(=O)c4cccc(Cl)c4oc3c2)CC1c1ccc(F)cc1. The van der Waals surface area contributed by atoms with Crippen LogP contribution < -0.4 is 10.3 Å². The quantitative estimate of drug-likeness (QED) is 0.454. The molecule has 0 aliphatic carbocycles. The van der Waals surface area contributed by atoms with E-state index in [9.17, 15) is 19.1 Å². The van der Waals surface area contributed by atoms with E-state index in [0.717, 1.165) is 11.3 Å². The first-order valence-electron chi connectivity index (χ1n) is 9.80. The molecule has 1 N–H and O–H groups in total. The third-order valence-corrected chi connectivity index (χ3v) is 6.23. The molecule has 1 aromatic heterocycles. The van der Waals surface area contributed by atoms with Gasteiger partial charge in [0.15, 0.2) is 5.58 Å². The number of hydrogen-bond acceptors (Lipinski definition) is 4. The molecule has 3 aromatic carbocycles. The molecule has 5 rings (SSSR count). The maximum atomic E-state index is 13.3. The molecule has 1 saturated heterocycles. The second-order valence-electron chi connectivity index (χ2n) is 7.74. The van der Waals surface area contributed by atoms with E-state index >= 15 is 0 Å². The first-order chi connectivity index (χ1) is 14.9. The molecule has 2 atom stereocenters. The van der Waals surface area contributed by atoms with Crippen molar-refractivity contribution in [3.05, 3.63) is 87.3 Å². The number of para-hydroxylation sites is 1. The molecule has 0 saturated carbocycles. The highest BCUT2D eigenvalue weighted by molar-refractivity contribution is 6.34. The first kappa shape index (κ1) is 19.6. The van der Waals surface area contributed by atoms with Gasteiger partial charge in [-0.15, -0.1) is 0 Å². The summed E-state index contributed by atoms with van der Waals surface area (Å²) >= 11 is 6.21. The molecule has 0 spiro atoms. The van der Waals surface area contributed by atoms with Gasteiger partial charge in [0.05, 0.1) is 21.7 Å². The number of aliphatic carboxylic acids is 1. The predicted molar refractivity (Wildman–Crippen MR) is 117 cm³/mol. The van der Waals surface area contributed by atoms with E-state index in [-0.39, 0.29) is 17.2 Å². The zero-order valence-electron chi connectivity index (χ0n) is 16.2. The van der Waals surface area contributed by atoms with Gasteiger partial charge < -0.3 is 14.4 Å². The molecule has 0 amide bonds. The Labute approximate surface area is 181 Å². The summed E-state index contributed by atoms with van der Waals surface area (Å²) in [5.74, 6) is -2.19. The predicted octanol–water partition coefficient (Wildman–Crippen LogP) is 5.04. The van der Waals surface area contributed by atoms with E-state index in [0.29, 0.717) is 40.1 Å². The number of nitrogens with zero attached hydrogens (tertiary/aromatic N) is 1. The number of hydrogen-bond donors (Lipinski definition) is 1. The van der Waals surface area contributed by atoms with E-state index in [4.69, 9.17) is 16.0 Å². The summed E-state index contributed by atoms with van der Waals surface area (Å²) < 4.78 is 19.3. The van der Waals surface area contributed by atoms with Crippen LogP contribution in [0.15, 0.2) is 69.9 Å². The van der Waals surface area contributed by atoms with Gasteiger partial charge in [0.25, 0.3) is 0 Å². The van der Waals surface area contributed by atoms with Crippen LogP contribution >= 0.6 is 11.6 Å². The van der Waals surface area contributed by atoms with E-state index in [1.54, 1.807) is 48.5 Å². The third-order valence-electron chi connectivity index (χ3n) is 5.93. The van der Waals surface area contributed by atoms with E-state index in [2.05, 4.69) is 0 Å². The number of anilines is 1. The largest absolute Gasteiger partial charge is 0.481 e. The summed E-state index contributed by atoms with van der Waals surface area (Å²) in [7, 11) is 0. The summed E-state index contributed by atoms with van der Waals surface area (Å²) in [6.07, 6.45) is 0. The van der Waals surface area contributed by atoms with Crippen molar-refractivity contribution in [3.63, 3.8) is 0 Å². The fourth-order valence-corrected chi connectivity index (χ4v) is 4.55. The normalized spacial score (nSPS) is 18.7. The van der Waals surface area contributed by atoms with Gasteiger partial charge in [-0.1, -0.05) is 29.8 Å². The lowest BCUT2D eigenvalue weighted by atomic mass is 9.89. The van der Waals surface area contributed by atoms with Crippen molar-refractivity contribution in [2.24, 2.45) is 5.92 Å². The molecular weight excluding hydrogens is 421 g/mol. The Kier molecular flexibility index (Phi) is 4.67. The smallest absolute Gasteiger partial charge is 0.308 e. The number of fused-ring (bicyclic) bond motifs is 2. The highest BCUT2D eigenvalue weighted by atomic mass is 35.5. The summed E-state index contributed by atoms with van der Waals surface area (Å²) in [6, 6.07) is 16.2. The highest BCUT2D eigenvalue weighted by Gasteiger charge is 2.38. The lowest BCUT2D eigenvalue weighted by Gasteiger charge is -2.19. The van der Waals surface area contributed by atoms with Crippen molar-refractivity contribution in [1.29, 1.82) is 0 Å². The summed E-state index contributed by atoms with van der Waals surface area (Å²) in [5, 5.41) is 10.9. The molecular formula is C24H17ClFNO4. The summed E-state index contributed by atoms with van der Waals surface area (Å²) in [5.41, 5.74) is 2.08. The van der Waals surface area contributed by atoms with Crippen molar-refractivity contribution >= 4 is 45.2 Å². The molecule has 1 aliphatic heterocycles. The zero-order chi connectivity index (χ0) is 21.7. The van der Waals surface area contributed by atoms with Gasteiger partial charge in [-0.25, -0.2) is 4.39 Å². The van der Waals surface area contributed by atoms with Gasteiger partial charge in [-0.2, -0.15) is 0 Å². The topological polar surface area (TPSA) is 70.8 Å². The van der Waals surface area contributed by atoms with Crippen LogP contribution in [0.5, 0.6) is 0 Å². The van der Waals surface area contributed by atoms with Crippen LogP contribution in [0.1, 0.15) is 11.5 Å². The van der Waals surface area contributed by atoms with Crippen LogP contribution in [0.4, 0.5) is 10.1 Å². The standard InChI is InChI=1S/C24H17ClFNO4/c25-20-3-1-2-17-22(28)16-9-8-15(10-21(16)31-23(17)20)27-11-18(19(12-27)24(29)30)13-4-6-14(26)7-5-13/h1-10,18-19H,11-12H2,(H,29,30)/t18?,19-/m0/s1. The average molecular weight is 438 g/mol. The monoisotopic (exact) mass is 437 g/mol. The molecule has 31 heavy (non-hydrogen) atoms. The average Bonchev–Trinajstić information content (AvgIpc) is 3.21. The maximum Gasteiger partial charge on any atom is 0.308 e. The number of halogens is 2. The molecule has 2 heterocycles. The molecule has 0 bridgehead atoms. The number of carboxylic acid groups (broad SMARTS) is 1. The van der Waals surface area contributed by atoms with Crippen LogP contribution in [0.3, 0.4) is 0 Å². The molecule has 1 fully saturated rings. The molecule has 1 aliphatic rings. The van der Waals surface area contributed by atoms with Gasteiger partial charge in [-0.3, -0.25) is 9.59 Å².